The van der Waals surface area contributed by atoms with Gasteiger partial charge in [-0.3, -0.25) is 9.63 Å². The Balaban J connectivity index is 1.82. The standard InChI is InChI=1S/C28H33F3N6O8S/c1-7-43-27(39)44-19(5)45-34-37(40)35(6)25(17(2)3)26(38)33-46(41,42)22-14-12-21(13-15-22)36-23(16-24(32-36)28(29,30)31)20-10-8-18(4)9-11-20/h8-17,19,25H,7H2,1-6H3,(H,33,38)/t19?,25-/m0/s1. The average molecular weight is 671 g/mol. The summed E-state index contributed by atoms with van der Waals surface area (Å²) in [6.07, 6.45) is -7.11. The summed E-state index contributed by atoms with van der Waals surface area (Å²) in [6, 6.07) is 10.9. The highest BCUT2D eigenvalue weighted by Crippen LogP contribution is 2.33. The van der Waals surface area contributed by atoms with Crippen molar-refractivity contribution < 1.29 is 50.5 Å². The van der Waals surface area contributed by atoms with Crippen molar-refractivity contribution in [2.45, 2.75) is 58.0 Å². The summed E-state index contributed by atoms with van der Waals surface area (Å²) < 4.78 is 79.1. The van der Waals surface area contributed by atoms with Crippen LogP contribution in [0.25, 0.3) is 16.9 Å². The van der Waals surface area contributed by atoms with Crippen molar-refractivity contribution >= 4 is 22.1 Å². The number of aromatic nitrogens is 2. The fraction of sp³-hybridized carbons (Fsp3) is 0.393. The normalized spacial score (nSPS) is 13.6. The van der Waals surface area contributed by atoms with Crippen molar-refractivity contribution in [1.29, 1.82) is 0 Å². The summed E-state index contributed by atoms with van der Waals surface area (Å²) in [5.41, 5.74) is 0.459. The number of hydrogen-bond donors (Lipinski definition) is 1. The van der Waals surface area contributed by atoms with E-state index >= 15 is 0 Å². The number of hydrogen-bond acceptors (Lipinski definition) is 10. The first-order valence-corrected chi connectivity index (χ1v) is 15.2. The van der Waals surface area contributed by atoms with Gasteiger partial charge in [0.1, 0.15) is 0 Å². The Morgan fingerprint density at radius 1 is 1.11 bits per heavy atom. The first-order chi connectivity index (χ1) is 21.4. The van der Waals surface area contributed by atoms with Crippen molar-refractivity contribution in [3.63, 3.8) is 0 Å². The van der Waals surface area contributed by atoms with Gasteiger partial charge in [0.2, 0.25) is 5.28 Å². The van der Waals surface area contributed by atoms with Gasteiger partial charge in [0.05, 0.1) is 34.9 Å². The molecule has 250 valence electrons. The molecule has 0 fully saturated rings. The molecule has 1 aromatic heterocycles. The van der Waals surface area contributed by atoms with E-state index in [1.165, 1.54) is 19.1 Å². The number of sulfonamides is 1. The van der Waals surface area contributed by atoms with Crippen LogP contribution in [0.1, 0.15) is 39.0 Å². The summed E-state index contributed by atoms with van der Waals surface area (Å²) in [4.78, 5) is 28.7. The van der Waals surface area contributed by atoms with Gasteiger partial charge in [-0.15, -0.1) is 5.01 Å². The summed E-state index contributed by atoms with van der Waals surface area (Å²) in [5, 5.41) is 20.2. The molecule has 0 aliphatic carbocycles. The molecule has 0 spiro atoms. The van der Waals surface area contributed by atoms with Crippen LogP contribution < -0.4 is 4.72 Å². The third-order valence-electron chi connectivity index (χ3n) is 6.34. The fourth-order valence-corrected chi connectivity index (χ4v) is 5.15. The van der Waals surface area contributed by atoms with E-state index < -0.39 is 52.2 Å². The van der Waals surface area contributed by atoms with Crippen LogP contribution in [0, 0.1) is 18.0 Å². The van der Waals surface area contributed by atoms with E-state index in [2.05, 4.69) is 15.1 Å². The SMILES string of the molecule is CCOC(=O)OC(C)ON=[N+]([O-])N(C)[C@H](C(=O)NS(=O)(=O)c1ccc(-n2nc(C(F)(F)F)cc2-c2ccc(C)cc2)cc1)C(C)C. The van der Waals surface area contributed by atoms with E-state index in [1.807, 2.05) is 11.6 Å². The number of aryl methyl sites for hydroxylation is 1. The number of likely N-dealkylation sites (N-methyl/N-ethyl adjacent to an activating group) is 1. The van der Waals surface area contributed by atoms with Crippen molar-refractivity contribution in [1.82, 2.24) is 19.5 Å². The van der Waals surface area contributed by atoms with E-state index in [0.29, 0.717) is 5.56 Å². The number of benzene rings is 2. The van der Waals surface area contributed by atoms with Gasteiger partial charge < -0.3 is 14.7 Å². The maximum absolute atomic E-state index is 13.5. The number of hydrazine groups is 1. The predicted molar refractivity (Wildman–Crippen MR) is 155 cm³/mol. The van der Waals surface area contributed by atoms with Gasteiger partial charge in [0.25, 0.3) is 22.2 Å². The lowest BCUT2D eigenvalue weighted by atomic mass is 10.0. The lowest BCUT2D eigenvalue weighted by molar-refractivity contribution is -0.713. The molecule has 0 saturated heterocycles. The van der Waals surface area contributed by atoms with Crippen LogP contribution in [-0.4, -0.2) is 66.2 Å². The number of carbonyl (C=O) groups excluding carboxylic acids is 2. The maximum atomic E-state index is 13.5. The molecule has 1 unspecified atom stereocenters. The lowest BCUT2D eigenvalue weighted by Crippen LogP contribution is -2.51. The number of nitrogens with one attached hydrogen (secondary N) is 1. The molecule has 1 heterocycles. The number of amides is 1. The largest absolute Gasteiger partial charge is 0.569 e. The van der Waals surface area contributed by atoms with Crippen LogP contribution in [-0.2, 0) is 35.3 Å². The zero-order valence-corrected chi connectivity index (χ0v) is 26.5. The zero-order valence-electron chi connectivity index (χ0n) is 25.7. The molecule has 2 aromatic carbocycles. The van der Waals surface area contributed by atoms with Crippen molar-refractivity contribution in [3.8, 4) is 16.9 Å². The molecule has 0 radical (unpaired) electrons. The van der Waals surface area contributed by atoms with Crippen LogP contribution in [0.5, 0.6) is 0 Å². The van der Waals surface area contributed by atoms with Crippen LogP contribution in [0.4, 0.5) is 18.0 Å². The topological polar surface area (TPSA) is 167 Å². The Kier molecular flexibility index (Phi) is 11.2. The Bertz CT molecular complexity index is 1660. The van der Waals surface area contributed by atoms with E-state index in [4.69, 9.17) is 9.57 Å². The summed E-state index contributed by atoms with van der Waals surface area (Å²) in [6.45, 7) is 7.78. The monoisotopic (exact) mass is 670 g/mol. The minimum absolute atomic E-state index is 0.0411. The molecule has 0 saturated carbocycles. The predicted octanol–water partition coefficient (Wildman–Crippen LogP) is 4.96. The number of ether oxygens (including phenoxy) is 2. The second kappa shape index (κ2) is 14.5. The molecule has 1 amide bonds. The number of halogens is 3. The number of carbonyl (C=O) groups is 2. The van der Waals surface area contributed by atoms with Crippen molar-refractivity contribution in [2.75, 3.05) is 13.7 Å². The highest BCUT2D eigenvalue weighted by molar-refractivity contribution is 7.90. The van der Waals surface area contributed by atoms with Crippen molar-refractivity contribution in [2.24, 2.45) is 11.2 Å². The lowest BCUT2D eigenvalue weighted by Gasteiger charge is -2.26. The van der Waals surface area contributed by atoms with Crippen LogP contribution in [0.3, 0.4) is 0 Å². The molecule has 3 aromatic rings. The molecule has 18 heteroatoms. The van der Waals surface area contributed by atoms with E-state index in [1.54, 1.807) is 45.0 Å². The molecule has 3 rings (SSSR count). The highest BCUT2D eigenvalue weighted by Gasteiger charge is 2.36. The summed E-state index contributed by atoms with van der Waals surface area (Å²) in [7, 11) is -3.36. The van der Waals surface area contributed by atoms with Gasteiger partial charge in [0.15, 0.2) is 11.7 Å². The fourth-order valence-electron chi connectivity index (χ4n) is 4.15. The average Bonchev–Trinajstić information content (AvgIpc) is 3.42. The Hall–Kier alpha value is -4.87. The van der Waals surface area contributed by atoms with Gasteiger partial charge in [0, 0.05) is 12.5 Å². The van der Waals surface area contributed by atoms with Crippen LogP contribution in [0.15, 0.2) is 64.8 Å². The minimum atomic E-state index is -4.73. The second-order valence-electron chi connectivity index (χ2n) is 10.2. The molecule has 0 aliphatic rings. The Labute approximate surface area is 262 Å². The molecule has 46 heavy (non-hydrogen) atoms. The number of alkyl halides is 3. The Morgan fingerprint density at radius 2 is 1.72 bits per heavy atom. The molecular formula is C28H33F3N6O8S. The molecule has 2 atom stereocenters. The van der Waals surface area contributed by atoms with E-state index in [9.17, 15) is 36.4 Å². The molecule has 0 aliphatic heterocycles. The quantitative estimate of drug-likeness (QED) is 0.0915. The first kappa shape index (κ1) is 35.6. The van der Waals surface area contributed by atoms with Gasteiger partial charge >= 0.3 is 12.3 Å². The van der Waals surface area contributed by atoms with E-state index in [-0.39, 0.29) is 27.9 Å². The highest BCUT2D eigenvalue weighted by atomic mass is 32.2. The summed E-state index contributed by atoms with van der Waals surface area (Å²) in [5.74, 6) is -1.71. The second-order valence-corrected chi connectivity index (χ2v) is 11.9. The first-order valence-electron chi connectivity index (χ1n) is 13.8. The van der Waals surface area contributed by atoms with Gasteiger partial charge in [-0.05, 0) is 50.1 Å². The Morgan fingerprint density at radius 3 is 2.26 bits per heavy atom. The van der Waals surface area contributed by atoms with Crippen LogP contribution >= 0.6 is 0 Å². The van der Waals surface area contributed by atoms with Gasteiger partial charge in [-0.1, -0.05) is 43.7 Å². The maximum Gasteiger partial charge on any atom is 0.511 e. The summed E-state index contributed by atoms with van der Waals surface area (Å²) >= 11 is 0. The molecule has 14 nitrogen and oxygen atoms in total. The third kappa shape index (κ3) is 8.86. The van der Waals surface area contributed by atoms with Crippen molar-refractivity contribution in [3.05, 3.63) is 71.1 Å². The van der Waals surface area contributed by atoms with Gasteiger partial charge in [-0.25, -0.2) is 22.6 Å². The third-order valence-corrected chi connectivity index (χ3v) is 7.70. The van der Waals surface area contributed by atoms with E-state index in [0.717, 1.165) is 40.5 Å². The van der Waals surface area contributed by atoms with Crippen LogP contribution in [0.2, 0.25) is 0 Å². The molecule has 1 N–H and O–H groups in total. The smallest absolute Gasteiger partial charge is 0.511 e. The number of rotatable bonds is 12. The molecular weight excluding hydrogens is 637 g/mol. The van der Waals surface area contributed by atoms with Gasteiger partial charge in [-0.2, -0.15) is 18.3 Å². The minimum Gasteiger partial charge on any atom is -0.569 e. The number of nitrogens with zero attached hydrogens (tertiary/aromatic N) is 5. The molecule has 0 bridgehead atoms. The zero-order chi connectivity index (χ0) is 34.4.